The van der Waals surface area contributed by atoms with E-state index in [2.05, 4.69) is 20.7 Å². The summed E-state index contributed by atoms with van der Waals surface area (Å²) >= 11 is 3.28. The van der Waals surface area contributed by atoms with E-state index in [0.717, 1.165) is 15.6 Å². The van der Waals surface area contributed by atoms with E-state index in [1.54, 1.807) is 24.3 Å². The first-order valence-electron chi connectivity index (χ1n) is 5.75. The van der Waals surface area contributed by atoms with Gasteiger partial charge in [0.15, 0.2) is 0 Å². The number of nitrogens with one attached hydrogen (secondary N) is 1. The van der Waals surface area contributed by atoms with Crippen molar-refractivity contribution in [2.45, 2.75) is 18.7 Å². The van der Waals surface area contributed by atoms with Crippen molar-refractivity contribution in [3.8, 4) is 0 Å². The summed E-state index contributed by atoms with van der Waals surface area (Å²) in [7, 11) is -3.56. The molecular formula is C14H14BrNO2S. The molecule has 3 nitrogen and oxygen atoms in total. The number of aryl methyl sites for hydroxylation is 2. The third-order valence-electron chi connectivity index (χ3n) is 2.82. The molecule has 0 bridgehead atoms. The molecule has 0 fully saturated rings. The SMILES string of the molecule is Cc1cccc(C)c1NS(=O)(=O)c1cccc(Br)c1. The fourth-order valence-corrected chi connectivity index (χ4v) is 3.60. The molecule has 1 N–H and O–H groups in total. The summed E-state index contributed by atoms with van der Waals surface area (Å²) in [5.41, 5.74) is 2.44. The lowest BCUT2D eigenvalue weighted by atomic mass is 10.1. The monoisotopic (exact) mass is 339 g/mol. The van der Waals surface area contributed by atoms with Gasteiger partial charge in [0.25, 0.3) is 10.0 Å². The Morgan fingerprint density at radius 1 is 1.00 bits per heavy atom. The number of benzene rings is 2. The summed E-state index contributed by atoms with van der Waals surface area (Å²) in [6.07, 6.45) is 0. The van der Waals surface area contributed by atoms with Crippen LogP contribution in [0.5, 0.6) is 0 Å². The molecule has 0 aliphatic heterocycles. The van der Waals surface area contributed by atoms with Crippen LogP contribution in [0.4, 0.5) is 5.69 Å². The molecule has 0 heterocycles. The molecule has 0 aromatic heterocycles. The minimum Gasteiger partial charge on any atom is -0.279 e. The highest BCUT2D eigenvalue weighted by atomic mass is 79.9. The van der Waals surface area contributed by atoms with Crippen LogP contribution in [-0.4, -0.2) is 8.42 Å². The van der Waals surface area contributed by atoms with Gasteiger partial charge in [0.2, 0.25) is 0 Å². The van der Waals surface area contributed by atoms with E-state index >= 15 is 0 Å². The Morgan fingerprint density at radius 2 is 1.58 bits per heavy atom. The van der Waals surface area contributed by atoms with Crippen molar-refractivity contribution in [2.24, 2.45) is 0 Å². The number of halogens is 1. The van der Waals surface area contributed by atoms with Crippen LogP contribution in [0.25, 0.3) is 0 Å². The third-order valence-corrected chi connectivity index (χ3v) is 4.66. The second-order valence-corrected chi connectivity index (χ2v) is 6.93. The number of para-hydroxylation sites is 1. The normalized spacial score (nSPS) is 11.3. The van der Waals surface area contributed by atoms with Crippen molar-refractivity contribution >= 4 is 31.6 Å². The van der Waals surface area contributed by atoms with E-state index in [1.165, 1.54) is 0 Å². The Bertz CT molecular complexity index is 691. The van der Waals surface area contributed by atoms with Gasteiger partial charge < -0.3 is 0 Å². The Hall–Kier alpha value is -1.33. The van der Waals surface area contributed by atoms with E-state index in [-0.39, 0.29) is 4.90 Å². The minimum atomic E-state index is -3.56. The van der Waals surface area contributed by atoms with Gasteiger partial charge in [-0.3, -0.25) is 4.72 Å². The highest BCUT2D eigenvalue weighted by molar-refractivity contribution is 9.10. The van der Waals surface area contributed by atoms with E-state index in [9.17, 15) is 8.42 Å². The molecule has 0 aliphatic rings. The van der Waals surface area contributed by atoms with Crippen LogP contribution in [0.1, 0.15) is 11.1 Å². The van der Waals surface area contributed by atoms with Gasteiger partial charge >= 0.3 is 0 Å². The van der Waals surface area contributed by atoms with Crippen LogP contribution in [0, 0.1) is 13.8 Å². The van der Waals surface area contributed by atoms with Crippen LogP contribution in [0.15, 0.2) is 51.8 Å². The van der Waals surface area contributed by atoms with Crippen molar-refractivity contribution < 1.29 is 8.42 Å². The zero-order chi connectivity index (χ0) is 14.0. The van der Waals surface area contributed by atoms with E-state index in [4.69, 9.17) is 0 Å². The molecule has 19 heavy (non-hydrogen) atoms. The van der Waals surface area contributed by atoms with E-state index in [0.29, 0.717) is 5.69 Å². The molecule has 0 atom stereocenters. The fraction of sp³-hybridized carbons (Fsp3) is 0.143. The summed E-state index contributed by atoms with van der Waals surface area (Å²) in [5, 5.41) is 0. The first-order chi connectivity index (χ1) is 8.90. The molecule has 2 aromatic rings. The van der Waals surface area contributed by atoms with Crippen molar-refractivity contribution in [2.75, 3.05) is 4.72 Å². The molecule has 0 amide bonds. The van der Waals surface area contributed by atoms with Gasteiger partial charge in [0.1, 0.15) is 0 Å². The lowest BCUT2D eigenvalue weighted by molar-refractivity contribution is 0.601. The van der Waals surface area contributed by atoms with Gasteiger partial charge in [-0.1, -0.05) is 40.2 Å². The maximum absolute atomic E-state index is 12.3. The van der Waals surface area contributed by atoms with Crippen molar-refractivity contribution in [3.05, 3.63) is 58.1 Å². The van der Waals surface area contributed by atoms with E-state index in [1.807, 2.05) is 32.0 Å². The topological polar surface area (TPSA) is 46.2 Å². The van der Waals surface area contributed by atoms with Gasteiger partial charge in [-0.2, -0.15) is 0 Å². The Morgan fingerprint density at radius 3 is 2.16 bits per heavy atom. The van der Waals surface area contributed by atoms with Gasteiger partial charge in [-0.25, -0.2) is 8.42 Å². The quantitative estimate of drug-likeness (QED) is 0.922. The standard InChI is InChI=1S/C14H14BrNO2S/c1-10-5-3-6-11(2)14(10)16-19(17,18)13-8-4-7-12(15)9-13/h3-9,16H,1-2H3. The number of rotatable bonds is 3. The maximum Gasteiger partial charge on any atom is 0.261 e. The Labute approximate surface area is 121 Å². The van der Waals surface area contributed by atoms with Gasteiger partial charge in [-0.15, -0.1) is 0 Å². The average Bonchev–Trinajstić information content (AvgIpc) is 2.34. The molecule has 0 radical (unpaired) electrons. The molecule has 5 heteroatoms. The minimum absolute atomic E-state index is 0.240. The zero-order valence-electron chi connectivity index (χ0n) is 10.6. The summed E-state index contributed by atoms with van der Waals surface area (Å²) < 4.78 is 28.0. The number of hydrogen-bond donors (Lipinski definition) is 1. The highest BCUT2D eigenvalue weighted by Gasteiger charge is 2.16. The molecular weight excluding hydrogens is 326 g/mol. The second kappa shape index (κ2) is 5.35. The Balaban J connectivity index is 2.42. The van der Waals surface area contributed by atoms with Crippen LogP contribution in [0.3, 0.4) is 0 Å². The zero-order valence-corrected chi connectivity index (χ0v) is 13.0. The summed E-state index contributed by atoms with van der Waals surface area (Å²) in [6.45, 7) is 3.76. The lowest BCUT2D eigenvalue weighted by Crippen LogP contribution is -2.14. The molecule has 0 aliphatic carbocycles. The average molecular weight is 340 g/mol. The molecule has 0 unspecified atom stereocenters. The summed E-state index contributed by atoms with van der Waals surface area (Å²) in [5.74, 6) is 0. The first-order valence-corrected chi connectivity index (χ1v) is 8.02. The van der Waals surface area contributed by atoms with Gasteiger partial charge in [0, 0.05) is 4.47 Å². The van der Waals surface area contributed by atoms with E-state index < -0.39 is 10.0 Å². The predicted octanol–water partition coefficient (Wildman–Crippen LogP) is 3.87. The number of sulfonamides is 1. The van der Waals surface area contributed by atoms with Crippen molar-refractivity contribution in [1.29, 1.82) is 0 Å². The number of hydrogen-bond acceptors (Lipinski definition) is 2. The molecule has 2 rings (SSSR count). The van der Waals surface area contributed by atoms with Crippen molar-refractivity contribution in [3.63, 3.8) is 0 Å². The molecule has 0 spiro atoms. The first kappa shape index (κ1) is 14.1. The van der Waals surface area contributed by atoms with Crippen LogP contribution < -0.4 is 4.72 Å². The molecule has 0 saturated carbocycles. The third kappa shape index (κ3) is 3.16. The fourth-order valence-electron chi connectivity index (χ4n) is 1.80. The van der Waals surface area contributed by atoms with Crippen LogP contribution in [0.2, 0.25) is 0 Å². The smallest absolute Gasteiger partial charge is 0.261 e. The van der Waals surface area contributed by atoms with Crippen LogP contribution >= 0.6 is 15.9 Å². The second-order valence-electron chi connectivity index (χ2n) is 4.33. The van der Waals surface area contributed by atoms with Gasteiger partial charge in [0.05, 0.1) is 10.6 Å². The molecule has 2 aromatic carbocycles. The van der Waals surface area contributed by atoms with Crippen molar-refractivity contribution in [1.82, 2.24) is 0 Å². The van der Waals surface area contributed by atoms with Crippen LogP contribution in [-0.2, 0) is 10.0 Å². The predicted molar refractivity (Wildman–Crippen MR) is 80.9 cm³/mol. The summed E-state index contributed by atoms with van der Waals surface area (Å²) in [6, 6.07) is 12.3. The lowest BCUT2D eigenvalue weighted by Gasteiger charge is -2.13. The molecule has 0 saturated heterocycles. The summed E-state index contributed by atoms with van der Waals surface area (Å²) in [4.78, 5) is 0.240. The molecule has 100 valence electrons. The number of anilines is 1. The van der Waals surface area contributed by atoms with Gasteiger partial charge in [-0.05, 0) is 43.2 Å². The highest BCUT2D eigenvalue weighted by Crippen LogP contribution is 2.24. The maximum atomic E-state index is 12.3. The Kier molecular flexibility index (Phi) is 3.96. The largest absolute Gasteiger partial charge is 0.279 e.